The van der Waals surface area contributed by atoms with E-state index in [-0.39, 0.29) is 0 Å². The van der Waals surface area contributed by atoms with Gasteiger partial charge in [-0.15, -0.1) is 0 Å². The Bertz CT molecular complexity index is 641. The quantitative estimate of drug-likeness (QED) is 0.687. The van der Waals surface area contributed by atoms with Crippen LogP contribution in [0.25, 0.3) is 0 Å². The Labute approximate surface area is 115 Å². The third kappa shape index (κ3) is 3.20. The van der Waals surface area contributed by atoms with Gasteiger partial charge in [0.05, 0.1) is 18.9 Å². The Kier molecular flexibility index (Phi) is 4.44. The number of hydrogen-bond acceptors (Lipinski definition) is 3. The van der Waals surface area contributed by atoms with Gasteiger partial charge >= 0.3 is 0 Å². The third-order valence-electron chi connectivity index (χ3n) is 2.63. The number of rotatable bonds is 4. The summed E-state index contributed by atoms with van der Waals surface area (Å²) in [4.78, 5) is 11.9. The van der Waals surface area contributed by atoms with Crippen LogP contribution in [0.2, 0.25) is 0 Å². The van der Waals surface area contributed by atoms with Crippen LogP contribution in [0.4, 0.5) is 4.39 Å². The number of hydrogen-bond donors (Lipinski definition) is 1. The van der Waals surface area contributed by atoms with Crippen molar-refractivity contribution in [1.29, 1.82) is 0 Å². The average Bonchev–Trinajstić information content (AvgIpc) is 2.49. The topological polar surface area (TPSA) is 50.7 Å². The van der Waals surface area contributed by atoms with E-state index in [1.54, 1.807) is 42.5 Å². The molecule has 1 amide bonds. The lowest BCUT2D eigenvalue weighted by Crippen LogP contribution is -2.18. The first-order valence-electron chi connectivity index (χ1n) is 5.93. The standard InChI is InChI=1S/C15H13FN2O2/c1-20-14-9-5-3-7-12(14)15(19)18-17-10-11-6-2-4-8-13(11)16/h2-10H,1H3,(H,18,19)/b17-10+. The molecule has 2 aromatic carbocycles. The zero-order valence-corrected chi connectivity index (χ0v) is 10.8. The van der Waals surface area contributed by atoms with Crippen LogP contribution in [0, 0.1) is 5.82 Å². The lowest BCUT2D eigenvalue weighted by atomic mass is 10.2. The van der Waals surface area contributed by atoms with Crippen molar-refractivity contribution in [3.8, 4) is 5.75 Å². The zero-order valence-electron chi connectivity index (χ0n) is 10.8. The number of nitrogens with one attached hydrogen (secondary N) is 1. The molecule has 0 aliphatic carbocycles. The smallest absolute Gasteiger partial charge is 0.275 e. The molecule has 0 bridgehead atoms. The fourth-order valence-electron chi connectivity index (χ4n) is 1.63. The summed E-state index contributed by atoms with van der Waals surface area (Å²) in [7, 11) is 1.48. The average molecular weight is 272 g/mol. The van der Waals surface area contributed by atoms with Crippen molar-refractivity contribution in [2.75, 3.05) is 7.11 Å². The second-order valence-electron chi connectivity index (χ2n) is 3.92. The number of benzene rings is 2. The molecule has 20 heavy (non-hydrogen) atoms. The normalized spacial score (nSPS) is 10.5. The maximum Gasteiger partial charge on any atom is 0.275 e. The Morgan fingerprint density at radius 2 is 1.90 bits per heavy atom. The van der Waals surface area contributed by atoms with Crippen LogP contribution in [0.1, 0.15) is 15.9 Å². The molecule has 0 aliphatic heterocycles. The molecule has 2 rings (SSSR count). The van der Waals surface area contributed by atoms with E-state index in [0.717, 1.165) is 0 Å². The summed E-state index contributed by atoms with van der Waals surface area (Å²) in [6.07, 6.45) is 1.25. The van der Waals surface area contributed by atoms with Gasteiger partial charge in [-0.25, -0.2) is 9.82 Å². The molecule has 0 radical (unpaired) electrons. The molecule has 0 heterocycles. The second-order valence-corrected chi connectivity index (χ2v) is 3.92. The molecule has 0 aliphatic rings. The van der Waals surface area contributed by atoms with Crippen LogP contribution in [0.3, 0.4) is 0 Å². The second kappa shape index (κ2) is 6.47. The van der Waals surface area contributed by atoms with E-state index in [4.69, 9.17) is 4.74 Å². The number of hydrazone groups is 1. The first kappa shape index (κ1) is 13.7. The number of para-hydroxylation sites is 1. The Hall–Kier alpha value is -2.69. The first-order chi connectivity index (χ1) is 9.72. The highest BCUT2D eigenvalue weighted by Crippen LogP contribution is 2.16. The molecule has 102 valence electrons. The summed E-state index contributed by atoms with van der Waals surface area (Å²) < 4.78 is 18.4. The number of amides is 1. The maximum atomic E-state index is 13.3. The van der Waals surface area contributed by atoms with Gasteiger partial charge in [-0.2, -0.15) is 5.10 Å². The minimum atomic E-state index is -0.421. The van der Waals surface area contributed by atoms with Crippen LogP contribution in [-0.2, 0) is 0 Å². The summed E-state index contributed by atoms with van der Waals surface area (Å²) in [6.45, 7) is 0. The molecule has 1 N–H and O–H groups in total. The molecule has 2 aromatic rings. The Balaban J connectivity index is 2.07. The lowest BCUT2D eigenvalue weighted by molar-refractivity contribution is 0.0952. The largest absolute Gasteiger partial charge is 0.496 e. The highest BCUT2D eigenvalue weighted by molar-refractivity contribution is 5.97. The highest BCUT2D eigenvalue weighted by Gasteiger charge is 2.09. The summed E-state index contributed by atoms with van der Waals surface area (Å²) in [5.74, 6) is -0.371. The van der Waals surface area contributed by atoms with Gasteiger partial charge < -0.3 is 4.74 Å². The molecule has 0 aromatic heterocycles. The maximum absolute atomic E-state index is 13.3. The van der Waals surface area contributed by atoms with Crippen molar-refractivity contribution in [2.24, 2.45) is 5.10 Å². The predicted molar refractivity (Wildman–Crippen MR) is 74.5 cm³/mol. The van der Waals surface area contributed by atoms with E-state index in [1.165, 1.54) is 19.4 Å². The Morgan fingerprint density at radius 1 is 1.20 bits per heavy atom. The van der Waals surface area contributed by atoms with Crippen molar-refractivity contribution in [3.05, 3.63) is 65.5 Å². The summed E-state index contributed by atoms with van der Waals surface area (Å²) >= 11 is 0. The number of nitrogens with zero attached hydrogens (tertiary/aromatic N) is 1. The van der Waals surface area contributed by atoms with Crippen LogP contribution >= 0.6 is 0 Å². The van der Waals surface area contributed by atoms with Gasteiger partial charge in [0.1, 0.15) is 11.6 Å². The molecule has 0 saturated carbocycles. The number of methoxy groups -OCH3 is 1. The van der Waals surface area contributed by atoms with Crippen molar-refractivity contribution < 1.29 is 13.9 Å². The number of ether oxygens (including phenoxy) is 1. The predicted octanol–water partition coefficient (Wildman–Crippen LogP) is 2.60. The Morgan fingerprint density at radius 3 is 2.65 bits per heavy atom. The van der Waals surface area contributed by atoms with Crippen molar-refractivity contribution in [2.45, 2.75) is 0 Å². The van der Waals surface area contributed by atoms with E-state index < -0.39 is 11.7 Å². The van der Waals surface area contributed by atoms with Crippen LogP contribution < -0.4 is 10.2 Å². The number of carbonyl (C=O) groups is 1. The van der Waals surface area contributed by atoms with E-state index in [1.807, 2.05) is 0 Å². The van der Waals surface area contributed by atoms with Gasteiger partial charge in [0.25, 0.3) is 5.91 Å². The minimum Gasteiger partial charge on any atom is -0.496 e. The SMILES string of the molecule is COc1ccccc1C(=O)N/N=C/c1ccccc1F. The number of carbonyl (C=O) groups excluding carboxylic acids is 1. The summed E-state index contributed by atoms with van der Waals surface area (Å²) in [5, 5.41) is 3.73. The molecular weight excluding hydrogens is 259 g/mol. The van der Waals surface area contributed by atoms with Crippen molar-refractivity contribution in [3.63, 3.8) is 0 Å². The fourth-order valence-corrected chi connectivity index (χ4v) is 1.63. The van der Waals surface area contributed by atoms with E-state index in [2.05, 4.69) is 10.5 Å². The van der Waals surface area contributed by atoms with Crippen LogP contribution in [-0.4, -0.2) is 19.2 Å². The van der Waals surface area contributed by atoms with E-state index in [0.29, 0.717) is 16.9 Å². The van der Waals surface area contributed by atoms with Gasteiger partial charge in [0, 0.05) is 5.56 Å². The molecular formula is C15H13FN2O2. The third-order valence-corrected chi connectivity index (χ3v) is 2.63. The highest BCUT2D eigenvalue weighted by atomic mass is 19.1. The van der Waals surface area contributed by atoms with Gasteiger partial charge in [0.15, 0.2) is 0 Å². The van der Waals surface area contributed by atoms with Gasteiger partial charge in [0.2, 0.25) is 0 Å². The summed E-state index contributed by atoms with van der Waals surface area (Å²) in [6, 6.07) is 12.9. The van der Waals surface area contributed by atoms with Gasteiger partial charge in [-0.05, 0) is 18.2 Å². The molecule has 0 unspecified atom stereocenters. The lowest BCUT2D eigenvalue weighted by Gasteiger charge is -2.05. The molecule has 4 nitrogen and oxygen atoms in total. The fraction of sp³-hybridized carbons (Fsp3) is 0.0667. The number of halogens is 1. The van der Waals surface area contributed by atoms with Gasteiger partial charge in [-0.1, -0.05) is 30.3 Å². The molecule has 0 saturated heterocycles. The van der Waals surface area contributed by atoms with Crippen molar-refractivity contribution >= 4 is 12.1 Å². The minimum absolute atomic E-state index is 0.299. The molecule has 5 heteroatoms. The monoisotopic (exact) mass is 272 g/mol. The molecule has 0 spiro atoms. The van der Waals surface area contributed by atoms with Crippen LogP contribution in [0.15, 0.2) is 53.6 Å². The van der Waals surface area contributed by atoms with Crippen molar-refractivity contribution in [1.82, 2.24) is 5.43 Å². The molecule has 0 fully saturated rings. The first-order valence-corrected chi connectivity index (χ1v) is 5.93. The summed E-state index contributed by atoms with van der Waals surface area (Å²) in [5.41, 5.74) is 2.99. The van der Waals surface area contributed by atoms with E-state index in [9.17, 15) is 9.18 Å². The zero-order chi connectivity index (χ0) is 14.4. The van der Waals surface area contributed by atoms with E-state index >= 15 is 0 Å². The van der Waals surface area contributed by atoms with Gasteiger partial charge in [-0.3, -0.25) is 4.79 Å². The molecule has 0 atom stereocenters. The van der Waals surface area contributed by atoms with Crippen LogP contribution in [0.5, 0.6) is 5.75 Å².